The third-order valence-corrected chi connectivity index (χ3v) is 3.12. The number of hydrogen-bond acceptors (Lipinski definition) is 4. The lowest BCUT2D eigenvalue weighted by molar-refractivity contribution is -0.384. The predicted molar refractivity (Wildman–Crippen MR) is 68.4 cm³/mol. The molecule has 0 saturated carbocycles. The molecule has 1 aliphatic heterocycles. The van der Waals surface area contributed by atoms with Crippen LogP contribution in [-0.2, 0) is 11.3 Å². The standard InChI is InChI=1S/C13H15N2O4/c1-10-3-2-8-14(10)13(16)19-9-11-4-6-12(7-5-11)15(17)18/h4-7,10H,1-3,8-9H2. The van der Waals surface area contributed by atoms with Crippen LogP contribution in [0.5, 0.6) is 0 Å². The van der Waals surface area contributed by atoms with Crippen molar-refractivity contribution < 1.29 is 14.5 Å². The van der Waals surface area contributed by atoms with Crippen LogP contribution >= 0.6 is 0 Å². The summed E-state index contributed by atoms with van der Waals surface area (Å²) in [5, 5.41) is 10.5. The number of nitrogens with zero attached hydrogens (tertiary/aromatic N) is 2. The molecule has 1 unspecified atom stereocenters. The first-order valence-corrected chi connectivity index (χ1v) is 6.08. The zero-order chi connectivity index (χ0) is 13.8. The van der Waals surface area contributed by atoms with Crippen LogP contribution in [0.3, 0.4) is 0 Å². The molecule has 101 valence electrons. The minimum absolute atomic E-state index is 0.0208. The molecule has 6 nitrogen and oxygen atoms in total. The van der Waals surface area contributed by atoms with Crippen LogP contribution in [0, 0.1) is 17.0 Å². The normalized spacial score (nSPS) is 18.4. The molecule has 1 aromatic carbocycles. The van der Waals surface area contributed by atoms with E-state index in [0.29, 0.717) is 6.54 Å². The van der Waals surface area contributed by atoms with Gasteiger partial charge in [0.2, 0.25) is 0 Å². The topological polar surface area (TPSA) is 72.7 Å². The molecule has 0 N–H and O–H groups in total. The Bertz CT molecular complexity index is 472. The van der Waals surface area contributed by atoms with E-state index in [4.69, 9.17) is 4.74 Å². The molecule has 0 bridgehead atoms. The van der Waals surface area contributed by atoms with E-state index in [9.17, 15) is 14.9 Å². The van der Waals surface area contributed by atoms with Crippen molar-refractivity contribution in [1.82, 2.24) is 4.90 Å². The SMILES string of the molecule is [CH2]C1CCCN1C(=O)OCc1ccc([N+](=O)[O-])cc1. The summed E-state index contributed by atoms with van der Waals surface area (Å²) in [5.74, 6) is 0. The smallest absolute Gasteiger partial charge is 0.410 e. The highest BCUT2D eigenvalue weighted by atomic mass is 16.6. The Morgan fingerprint density at radius 1 is 1.47 bits per heavy atom. The van der Waals surface area contributed by atoms with Crippen LogP contribution in [0.4, 0.5) is 10.5 Å². The number of hydrogen-bond donors (Lipinski definition) is 0. The van der Waals surface area contributed by atoms with Gasteiger partial charge in [0.15, 0.2) is 0 Å². The van der Waals surface area contributed by atoms with Gasteiger partial charge in [0.05, 0.1) is 4.92 Å². The van der Waals surface area contributed by atoms with E-state index < -0.39 is 4.92 Å². The largest absolute Gasteiger partial charge is 0.445 e. The molecule has 1 aromatic rings. The number of nitro groups is 1. The maximum Gasteiger partial charge on any atom is 0.410 e. The summed E-state index contributed by atoms with van der Waals surface area (Å²) in [5.41, 5.74) is 0.742. The van der Waals surface area contributed by atoms with Gasteiger partial charge in [-0.3, -0.25) is 10.1 Å². The molecule has 0 aromatic heterocycles. The molecule has 1 atom stereocenters. The molecule has 1 saturated heterocycles. The third kappa shape index (κ3) is 3.21. The van der Waals surface area contributed by atoms with Gasteiger partial charge in [-0.05, 0) is 37.5 Å². The summed E-state index contributed by atoms with van der Waals surface area (Å²) in [6, 6.07) is 5.92. The van der Waals surface area contributed by atoms with Gasteiger partial charge in [0.25, 0.3) is 5.69 Å². The van der Waals surface area contributed by atoms with E-state index in [2.05, 4.69) is 6.92 Å². The monoisotopic (exact) mass is 263 g/mol. The van der Waals surface area contributed by atoms with Gasteiger partial charge >= 0.3 is 6.09 Å². The van der Waals surface area contributed by atoms with Crippen molar-refractivity contribution in [3.8, 4) is 0 Å². The molecule has 1 heterocycles. The fraction of sp³-hybridized carbons (Fsp3) is 0.385. The fourth-order valence-electron chi connectivity index (χ4n) is 2.02. The quantitative estimate of drug-likeness (QED) is 0.620. The van der Waals surface area contributed by atoms with Crippen molar-refractivity contribution in [3.63, 3.8) is 0 Å². The van der Waals surface area contributed by atoms with E-state index >= 15 is 0 Å². The second kappa shape index (κ2) is 5.69. The zero-order valence-corrected chi connectivity index (χ0v) is 10.4. The van der Waals surface area contributed by atoms with Crippen LogP contribution in [0.25, 0.3) is 0 Å². The van der Waals surface area contributed by atoms with Gasteiger partial charge in [-0.2, -0.15) is 0 Å². The predicted octanol–water partition coefficient (Wildman–Crippen LogP) is 2.53. The van der Waals surface area contributed by atoms with Gasteiger partial charge in [0.1, 0.15) is 6.61 Å². The van der Waals surface area contributed by atoms with Gasteiger partial charge in [-0.25, -0.2) is 4.79 Å². The highest BCUT2D eigenvalue weighted by Crippen LogP contribution is 2.18. The molecule has 19 heavy (non-hydrogen) atoms. The molecule has 6 heteroatoms. The summed E-state index contributed by atoms with van der Waals surface area (Å²) in [7, 11) is 0. The number of benzene rings is 1. The lowest BCUT2D eigenvalue weighted by atomic mass is 10.2. The molecule has 1 aliphatic rings. The highest BCUT2D eigenvalue weighted by Gasteiger charge is 2.26. The number of nitro benzene ring substituents is 1. The highest BCUT2D eigenvalue weighted by molar-refractivity contribution is 5.68. The minimum Gasteiger partial charge on any atom is -0.445 e. The van der Waals surface area contributed by atoms with Crippen molar-refractivity contribution in [2.45, 2.75) is 25.5 Å². The fourth-order valence-corrected chi connectivity index (χ4v) is 2.02. The van der Waals surface area contributed by atoms with Crippen LogP contribution in [0.15, 0.2) is 24.3 Å². The number of carbonyl (C=O) groups excluding carboxylic acids is 1. The van der Waals surface area contributed by atoms with E-state index in [0.717, 1.165) is 18.4 Å². The van der Waals surface area contributed by atoms with Gasteiger partial charge < -0.3 is 9.64 Å². The first-order valence-electron chi connectivity index (χ1n) is 6.08. The third-order valence-electron chi connectivity index (χ3n) is 3.12. The van der Waals surface area contributed by atoms with Crippen molar-refractivity contribution in [2.24, 2.45) is 0 Å². The molecule has 1 fully saturated rings. The molecule has 2 rings (SSSR count). The molecule has 1 amide bonds. The van der Waals surface area contributed by atoms with E-state index in [-0.39, 0.29) is 24.4 Å². The van der Waals surface area contributed by atoms with Crippen molar-refractivity contribution >= 4 is 11.8 Å². The number of likely N-dealkylation sites (tertiary alicyclic amines) is 1. The summed E-state index contributed by atoms with van der Waals surface area (Å²) >= 11 is 0. The summed E-state index contributed by atoms with van der Waals surface area (Å²) in [6.45, 7) is 4.66. The lowest BCUT2D eigenvalue weighted by Crippen LogP contribution is -2.34. The van der Waals surface area contributed by atoms with Crippen molar-refractivity contribution in [1.29, 1.82) is 0 Å². The molecule has 1 radical (unpaired) electrons. The van der Waals surface area contributed by atoms with Crippen molar-refractivity contribution in [3.05, 3.63) is 46.9 Å². The number of carbonyl (C=O) groups is 1. The van der Waals surface area contributed by atoms with Gasteiger partial charge in [0, 0.05) is 24.7 Å². The lowest BCUT2D eigenvalue weighted by Gasteiger charge is -2.20. The Morgan fingerprint density at radius 3 is 2.68 bits per heavy atom. The van der Waals surface area contributed by atoms with Crippen LogP contribution in [0.2, 0.25) is 0 Å². The average Bonchev–Trinajstić information content (AvgIpc) is 2.83. The number of non-ortho nitro benzene ring substituents is 1. The molecular weight excluding hydrogens is 248 g/mol. The van der Waals surface area contributed by atoms with E-state index in [1.165, 1.54) is 12.1 Å². The molecule has 0 spiro atoms. The molecule has 0 aliphatic carbocycles. The second-order valence-corrected chi connectivity index (χ2v) is 4.47. The first kappa shape index (κ1) is 13.3. The average molecular weight is 263 g/mol. The Hall–Kier alpha value is -2.11. The molecular formula is C13H15N2O4. The van der Waals surface area contributed by atoms with E-state index in [1.54, 1.807) is 17.0 Å². The minimum atomic E-state index is -0.465. The van der Waals surface area contributed by atoms with Gasteiger partial charge in [-0.15, -0.1) is 0 Å². The Morgan fingerprint density at radius 2 is 2.16 bits per heavy atom. The van der Waals surface area contributed by atoms with Crippen LogP contribution in [-0.4, -0.2) is 28.5 Å². The maximum atomic E-state index is 11.8. The summed E-state index contributed by atoms with van der Waals surface area (Å²) in [4.78, 5) is 23.4. The maximum absolute atomic E-state index is 11.8. The van der Waals surface area contributed by atoms with E-state index in [1.807, 2.05) is 0 Å². The second-order valence-electron chi connectivity index (χ2n) is 4.47. The summed E-state index contributed by atoms with van der Waals surface area (Å²) < 4.78 is 5.16. The van der Waals surface area contributed by atoms with Crippen LogP contribution < -0.4 is 0 Å². The number of ether oxygens (including phenoxy) is 1. The number of amides is 1. The first-order chi connectivity index (χ1) is 9.08. The van der Waals surface area contributed by atoms with Crippen LogP contribution in [0.1, 0.15) is 18.4 Å². The Balaban J connectivity index is 1.88. The van der Waals surface area contributed by atoms with Crippen molar-refractivity contribution in [2.75, 3.05) is 6.54 Å². The Kier molecular flexibility index (Phi) is 3.99. The number of rotatable bonds is 3. The zero-order valence-electron chi connectivity index (χ0n) is 10.4. The van der Waals surface area contributed by atoms with Gasteiger partial charge in [-0.1, -0.05) is 0 Å². The summed E-state index contributed by atoms with van der Waals surface area (Å²) in [6.07, 6.45) is 1.46. The Labute approximate surface area is 111 Å².